The minimum absolute atomic E-state index is 0.604. The molecule has 18 heavy (non-hydrogen) atoms. The zero-order chi connectivity index (χ0) is 13.9. The van der Waals surface area contributed by atoms with E-state index in [0.29, 0.717) is 10.9 Å². The Hall–Kier alpha value is -2.17. The number of ether oxygens (including phenoxy) is 1. The van der Waals surface area contributed by atoms with E-state index in [9.17, 15) is 28.1 Å². The molecule has 0 saturated carbocycles. The summed E-state index contributed by atoms with van der Waals surface area (Å²) in [5.41, 5.74) is -1.69. The average molecular weight is 269 g/mol. The van der Waals surface area contributed by atoms with Crippen molar-refractivity contribution >= 4 is 11.7 Å². The number of hydrogen-bond donors (Lipinski definition) is 1. The molecule has 100 valence electrons. The quantitative estimate of drug-likeness (QED) is 0.631. The second-order valence-corrected chi connectivity index (χ2v) is 3.06. The molecule has 0 aliphatic rings. The molecule has 8 nitrogen and oxygen atoms in total. The van der Waals surface area contributed by atoms with E-state index in [2.05, 4.69) is 9.84 Å². The molecule has 0 atom stereocenters. The van der Waals surface area contributed by atoms with Crippen LogP contribution in [0.4, 0.5) is 18.9 Å². The third kappa shape index (κ3) is 3.69. The van der Waals surface area contributed by atoms with Crippen LogP contribution >= 0.6 is 0 Å². The molecule has 1 aromatic rings. The minimum atomic E-state index is -4.55. The van der Waals surface area contributed by atoms with Crippen LogP contribution in [0.5, 0.6) is 0 Å². The molecule has 1 N–H and O–H groups in total. The highest BCUT2D eigenvalue weighted by Gasteiger charge is 2.28. The smallest absolute Gasteiger partial charge is 0.411 e. The molecule has 0 saturated heterocycles. The number of aromatic carboxylic acids is 1. The highest BCUT2D eigenvalue weighted by Crippen LogP contribution is 2.18. The van der Waals surface area contributed by atoms with Crippen molar-refractivity contribution in [3.8, 4) is 0 Å². The van der Waals surface area contributed by atoms with Crippen molar-refractivity contribution in [1.82, 2.24) is 9.78 Å². The molecule has 0 unspecified atom stereocenters. The number of carboxylic acids is 1. The van der Waals surface area contributed by atoms with Crippen molar-refractivity contribution < 1.29 is 32.7 Å². The third-order valence-corrected chi connectivity index (χ3v) is 1.63. The number of halogens is 3. The number of carboxylic acid groups (broad SMARTS) is 1. The van der Waals surface area contributed by atoms with E-state index in [4.69, 9.17) is 5.11 Å². The molecule has 0 bridgehead atoms. The zero-order valence-corrected chi connectivity index (χ0v) is 8.55. The molecular weight excluding hydrogens is 263 g/mol. The van der Waals surface area contributed by atoms with Crippen molar-refractivity contribution in [2.45, 2.75) is 12.9 Å². The topological polar surface area (TPSA) is 107 Å². The van der Waals surface area contributed by atoms with Crippen LogP contribution in [0.2, 0.25) is 0 Å². The van der Waals surface area contributed by atoms with E-state index in [0.717, 1.165) is 0 Å². The van der Waals surface area contributed by atoms with Crippen LogP contribution in [0.25, 0.3) is 0 Å². The Morgan fingerprint density at radius 2 is 2.22 bits per heavy atom. The van der Waals surface area contributed by atoms with E-state index in [1.54, 1.807) is 0 Å². The first kappa shape index (κ1) is 13.9. The summed E-state index contributed by atoms with van der Waals surface area (Å²) in [6.07, 6.45) is -3.87. The van der Waals surface area contributed by atoms with E-state index >= 15 is 0 Å². The average Bonchev–Trinajstić information content (AvgIpc) is 2.60. The van der Waals surface area contributed by atoms with Crippen molar-refractivity contribution in [2.75, 3.05) is 6.61 Å². The van der Waals surface area contributed by atoms with Crippen molar-refractivity contribution in [3.63, 3.8) is 0 Å². The molecule has 0 aliphatic carbocycles. The standard InChI is InChI=1S/C7H6F3N3O5/c8-7(9,10)2-18-3-12-1-4(13(16)17)5(11-12)6(14)15/h1H,2-3H2,(H,14,15). The molecular formula is C7H6F3N3O5. The maximum atomic E-state index is 11.7. The van der Waals surface area contributed by atoms with Crippen LogP contribution in [0.1, 0.15) is 10.5 Å². The SMILES string of the molecule is O=C(O)c1nn(COCC(F)(F)F)cc1[N+](=O)[O-]. The molecule has 0 spiro atoms. The fourth-order valence-corrected chi connectivity index (χ4v) is 1.02. The number of aromatic nitrogens is 2. The Balaban J connectivity index is 2.76. The fraction of sp³-hybridized carbons (Fsp3) is 0.429. The molecule has 1 heterocycles. The van der Waals surface area contributed by atoms with Gasteiger partial charge in [0.25, 0.3) is 0 Å². The summed E-state index contributed by atoms with van der Waals surface area (Å²) in [5, 5.41) is 22.3. The maximum Gasteiger partial charge on any atom is 0.411 e. The highest BCUT2D eigenvalue weighted by atomic mass is 19.4. The largest absolute Gasteiger partial charge is 0.476 e. The second-order valence-electron chi connectivity index (χ2n) is 3.06. The number of alkyl halides is 3. The monoisotopic (exact) mass is 269 g/mol. The van der Waals surface area contributed by atoms with E-state index in [1.165, 1.54) is 0 Å². The fourth-order valence-electron chi connectivity index (χ4n) is 1.02. The lowest BCUT2D eigenvalue weighted by atomic mass is 10.4. The summed E-state index contributed by atoms with van der Waals surface area (Å²) in [5.74, 6) is -1.66. The predicted octanol–water partition coefficient (Wildman–Crippen LogP) is 1.03. The lowest BCUT2D eigenvalue weighted by Crippen LogP contribution is -2.18. The Labute approximate surface area is 96.7 Å². The van der Waals surface area contributed by atoms with E-state index in [-0.39, 0.29) is 0 Å². The summed E-state index contributed by atoms with van der Waals surface area (Å²) in [4.78, 5) is 20.0. The van der Waals surface area contributed by atoms with Crippen molar-refractivity contribution in [1.29, 1.82) is 0 Å². The Kier molecular flexibility index (Phi) is 3.86. The van der Waals surface area contributed by atoms with Gasteiger partial charge in [-0.15, -0.1) is 0 Å². The summed E-state index contributed by atoms with van der Waals surface area (Å²) in [6, 6.07) is 0. The lowest BCUT2D eigenvalue weighted by molar-refractivity contribution is -0.385. The summed E-state index contributed by atoms with van der Waals surface area (Å²) < 4.78 is 40.0. The molecule has 0 aromatic carbocycles. The van der Waals surface area contributed by atoms with Gasteiger partial charge in [-0.3, -0.25) is 10.1 Å². The summed E-state index contributed by atoms with van der Waals surface area (Å²) in [6.45, 7) is -2.31. The number of nitro groups is 1. The van der Waals surface area contributed by atoms with Gasteiger partial charge in [-0.2, -0.15) is 18.3 Å². The second kappa shape index (κ2) is 5.00. The van der Waals surface area contributed by atoms with Crippen LogP contribution in [0, 0.1) is 10.1 Å². The third-order valence-electron chi connectivity index (χ3n) is 1.63. The zero-order valence-electron chi connectivity index (χ0n) is 8.55. The van der Waals surface area contributed by atoms with Crippen molar-refractivity contribution in [3.05, 3.63) is 22.0 Å². The van der Waals surface area contributed by atoms with Gasteiger partial charge in [-0.05, 0) is 0 Å². The van der Waals surface area contributed by atoms with Crippen LogP contribution < -0.4 is 0 Å². The van der Waals surface area contributed by atoms with Gasteiger partial charge in [-0.1, -0.05) is 0 Å². The molecule has 0 radical (unpaired) electrons. The number of nitrogens with zero attached hydrogens (tertiary/aromatic N) is 3. The Bertz CT molecular complexity index is 438. The van der Waals surface area contributed by atoms with Gasteiger partial charge in [0.05, 0.1) is 4.92 Å². The van der Waals surface area contributed by atoms with E-state index in [1.807, 2.05) is 0 Å². The predicted molar refractivity (Wildman–Crippen MR) is 47.8 cm³/mol. The Morgan fingerprint density at radius 3 is 2.61 bits per heavy atom. The molecule has 0 amide bonds. The first-order valence-corrected chi connectivity index (χ1v) is 4.30. The molecule has 11 heteroatoms. The normalized spacial score (nSPS) is 11.5. The Morgan fingerprint density at radius 1 is 1.61 bits per heavy atom. The van der Waals surface area contributed by atoms with Gasteiger partial charge >= 0.3 is 17.8 Å². The summed E-state index contributed by atoms with van der Waals surface area (Å²) >= 11 is 0. The summed E-state index contributed by atoms with van der Waals surface area (Å²) in [7, 11) is 0. The van der Waals surface area contributed by atoms with Gasteiger partial charge in [-0.25, -0.2) is 9.48 Å². The lowest BCUT2D eigenvalue weighted by Gasteiger charge is -2.06. The van der Waals surface area contributed by atoms with Crippen LogP contribution in [0.15, 0.2) is 6.20 Å². The highest BCUT2D eigenvalue weighted by molar-refractivity contribution is 5.89. The number of hydrogen-bond acceptors (Lipinski definition) is 5. The maximum absolute atomic E-state index is 11.7. The van der Waals surface area contributed by atoms with Crippen LogP contribution in [-0.2, 0) is 11.5 Å². The van der Waals surface area contributed by atoms with Crippen LogP contribution in [-0.4, -0.2) is 38.6 Å². The minimum Gasteiger partial charge on any atom is -0.476 e. The van der Waals surface area contributed by atoms with Gasteiger partial charge in [0.1, 0.15) is 19.5 Å². The van der Waals surface area contributed by atoms with E-state index < -0.39 is 41.8 Å². The van der Waals surface area contributed by atoms with Gasteiger partial charge in [0.15, 0.2) is 0 Å². The number of rotatable bonds is 5. The molecule has 0 aliphatic heterocycles. The van der Waals surface area contributed by atoms with Crippen LogP contribution in [0.3, 0.4) is 0 Å². The van der Waals surface area contributed by atoms with Gasteiger partial charge in [0, 0.05) is 0 Å². The number of carbonyl (C=O) groups is 1. The first-order valence-electron chi connectivity index (χ1n) is 4.30. The molecule has 0 fully saturated rings. The molecule has 1 rings (SSSR count). The van der Waals surface area contributed by atoms with Gasteiger partial charge in [0.2, 0.25) is 5.69 Å². The molecule has 1 aromatic heterocycles. The van der Waals surface area contributed by atoms with Crippen molar-refractivity contribution in [2.24, 2.45) is 0 Å². The van der Waals surface area contributed by atoms with Gasteiger partial charge < -0.3 is 9.84 Å². The first-order chi connectivity index (χ1) is 8.20.